The molecule has 0 atom stereocenters. The maximum atomic E-state index is 11.7. The van der Waals surface area contributed by atoms with E-state index in [1.54, 1.807) is 13.1 Å². The first-order valence-corrected chi connectivity index (χ1v) is 7.23. The number of benzene rings is 2. The number of hydrogen-bond acceptors (Lipinski definition) is 2. The van der Waals surface area contributed by atoms with Gasteiger partial charge in [0.2, 0.25) is 5.91 Å². The van der Waals surface area contributed by atoms with Crippen molar-refractivity contribution in [1.29, 1.82) is 0 Å². The van der Waals surface area contributed by atoms with Crippen molar-refractivity contribution in [3.05, 3.63) is 53.6 Å². The highest BCUT2D eigenvalue weighted by atomic mass is 16.1. The molecule has 2 N–H and O–H groups in total. The van der Waals surface area contributed by atoms with Gasteiger partial charge < -0.3 is 10.6 Å². The number of carbonyl (C=O) groups is 1. The molecular weight excluding hydrogens is 260 g/mol. The molecule has 3 nitrogen and oxygen atoms in total. The molecular formula is C18H20N2O. The van der Waals surface area contributed by atoms with Gasteiger partial charge in [-0.2, -0.15) is 0 Å². The molecule has 1 aliphatic heterocycles. The Kier molecular flexibility index (Phi) is 3.20. The Bertz CT molecular complexity index is 744. The number of nitrogens with one attached hydrogen (secondary N) is 2. The van der Waals surface area contributed by atoms with E-state index < -0.39 is 0 Å². The molecule has 108 valence electrons. The second-order valence-electron chi connectivity index (χ2n) is 6.17. The zero-order valence-corrected chi connectivity index (χ0v) is 12.7. The van der Waals surface area contributed by atoms with Crippen molar-refractivity contribution < 1.29 is 4.79 Å². The first kappa shape index (κ1) is 13.7. The van der Waals surface area contributed by atoms with Crippen molar-refractivity contribution in [2.45, 2.75) is 25.8 Å². The van der Waals surface area contributed by atoms with Crippen LogP contribution in [0.2, 0.25) is 0 Å². The molecule has 0 bridgehead atoms. The third kappa shape index (κ3) is 2.51. The number of hydrogen-bond donors (Lipinski definition) is 2. The fourth-order valence-electron chi connectivity index (χ4n) is 3.01. The standard InChI is InChI=1S/C18H20N2O/c1-18(2)11-15-13-7-5-4-6-12(13)8-9-14(15)16(20-18)10-17(21)19-3/h4-10,20H,11H2,1-3H3,(H,19,21)/b16-10-. The van der Waals surface area contributed by atoms with Crippen molar-refractivity contribution in [1.82, 2.24) is 10.6 Å². The lowest BCUT2D eigenvalue weighted by atomic mass is 9.83. The van der Waals surface area contributed by atoms with Crippen LogP contribution >= 0.6 is 0 Å². The fraction of sp³-hybridized carbons (Fsp3) is 0.278. The second kappa shape index (κ2) is 4.92. The molecule has 3 heteroatoms. The van der Waals surface area contributed by atoms with E-state index in [2.05, 4.69) is 60.9 Å². The predicted molar refractivity (Wildman–Crippen MR) is 86.9 cm³/mol. The lowest BCUT2D eigenvalue weighted by Crippen LogP contribution is -2.44. The van der Waals surface area contributed by atoms with Crippen LogP contribution in [0.15, 0.2) is 42.5 Å². The van der Waals surface area contributed by atoms with E-state index in [1.165, 1.54) is 16.3 Å². The van der Waals surface area contributed by atoms with E-state index in [1.807, 2.05) is 0 Å². The van der Waals surface area contributed by atoms with Crippen molar-refractivity contribution >= 4 is 22.4 Å². The van der Waals surface area contributed by atoms with Crippen molar-refractivity contribution in [2.75, 3.05) is 7.05 Å². The molecule has 1 heterocycles. The van der Waals surface area contributed by atoms with Gasteiger partial charge in [0.1, 0.15) is 0 Å². The molecule has 2 aromatic carbocycles. The topological polar surface area (TPSA) is 41.1 Å². The Morgan fingerprint density at radius 1 is 1.24 bits per heavy atom. The van der Waals surface area contributed by atoms with E-state index in [4.69, 9.17) is 0 Å². The number of likely N-dealkylation sites (N-methyl/N-ethyl adjacent to an activating group) is 1. The van der Waals surface area contributed by atoms with Gasteiger partial charge in [0, 0.05) is 29.9 Å². The van der Waals surface area contributed by atoms with Crippen LogP contribution < -0.4 is 10.6 Å². The Hall–Kier alpha value is -2.29. The van der Waals surface area contributed by atoms with E-state index in [0.717, 1.165) is 17.7 Å². The maximum absolute atomic E-state index is 11.7. The molecule has 0 unspecified atom stereocenters. The molecule has 0 aromatic heterocycles. The Labute approximate surface area is 125 Å². The summed E-state index contributed by atoms with van der Waals surface area (Å²) in [5, 5.41) is 8.65. The average Bonchev–Trinajstić information content (AvgIpc) is 2.46. The lowest BCUT2D eigenvalue weighted by Gasteiger charge is -2.36. The van der Waals surface area contributed by atoms with Crippen LogP contribution in [-0.4, -0.2) is 18.5 Å². The zero-order chi connectivity index (χ0) is 15.0. The Morgan fingerprint density at radius 2 is 2.00 bits per heavy atom. The first-order chi connectivity index (χ1) is 10.00. The average molecular weight is 280 g/mol. The zero-order valence-electron chi connectivity index (χ0n) is 12.7. The van der Waals surface area contributed by atoms with Crippen LogP contribution in [0.1, 0.15) is 25.0 Å². The van der Waals surface area contributed by atoms with Gasteiger partial charge >= 0.3 is 0 Å². The van der Waals surface area contributed by atoms with Gasteiger partial charge in [-0.1, -0.05) is 36.4 Å². The minimum atomic E-state index is -0.0886. The highest BCUT2D eigenvalue weighted by Gasteiger charge is 2.29. The normalized spacial score (nSPS) is 18.1. The van der Waals surface area contributed by atoms with Crippen molar-refractivity contribution in [3.8, 4) is 0 Å². The van der Waals surface area contributed by atoms with Crippen LogP contribution in [-0.2, 0) is 11.2 Å². The van der Waals surface area contributed by atoms with Crippen molar-refractivity contribution in [2.24, 2.45) is 0 Å². The maximum Gasteiger partial charge on any atom is 0.245 e. The van der Waals surface area contributed by atoms with Crippen LogP contribution in [0.3, 0.4) is 0 Å². The summed E-state index contributed by atoms with van der Waals surface area (Å²) in [4.78, 5) is 11.7. The molecule has 2 aromatic rings. The SMILES string of the molecule is CNC(=O)/C=C1\NC(C)(C)Cc2c1ccc1ccccc21. The fourth-order valence-corrected chi connectivity index (χ4v) is 3.01. The van der Waals surface area contributed by atoms with Crippen LogP contribution in [0.4, 0.5) is 0 Å². The van der Waals surface area contributed by atoms with Gasteiger partial charge in [-0.05, 0) is 36.6 Å². The summed E-state index contributed by atoms with van der Waals surface area (Å²) in [5.41, 5.74) is 3.26. The smallest absolute Gasteiger partial charge is 0.245 e. The summed E-state index contributed by atoms with van der Waals surface area (Å²) in [7, 11) is 1.65. The molecule has 0 aliphatic carbocycles. The van der Waals surface area contributed by atoms with Gasteiger partial charge in [0.05, 0.1) is 0 Å². The minimum absolute atomic E-state index is 0.0724. The first-order valence-electron chi connectivity index (χ1n) is 7.23. The Morgan fingerprint density at radius 3 is 2.76 bits per heavy atom. The molecule has 21 heavy (non-hydrogen) atoms. The van der Waals surface area contributed by atoms with Gasteiger partial charge in [-0.25, -0.2) is 0 Å². The third-order valence-corrected chi connectivity index (χ3v) is 3.94. The molecule has 1 aliphatic rings. The summed E-state index contributed by atoms with van der Waals surface area (Å²) in [5.74, 6) is -0.0886. The number of fused-ring (bicyclic) bond motifs is 3. The van der Waals surface area contributed by atoms with E-state index in [-0.39, 0.29) is 11.4 Å². The van der Waals surface area contributed by atoms with Crippen LogP contribution in [0.25, 0.3) is 16.5 Å². The number of rotatable bonds is 1. The summed E-state index contributed by atoms with van der Waals surface area (Å²) < 4.78 is 0. The lowest BCUT2D eigenvalue weighted by molar-refractivity contribution is -0.116. The minimum Gasteiger partial charge on any atom is -0.379 e. The van der Waals surface area contributed by atoms with Crippen LogP contribution in [0.5, 0.6) is 0 Å². The summed E-state index contributed by atoms with van der Waals surface area (Å²) >= 11 is 0. The molecule has 3 rings (SSSR count). The number of amides is 1. The highest BCUT2D eigenvalue weighted by molar-refractivity contribution is 5.98. The number of carbonyl (C=O) groups excluding carboxylic acids is 1. The Balaban J connectivity index is 2.24. The monoisotopic (exact) mass is 280 g/mol. The van der Waals surface area contributed by atoms with Gasteiger partial charge in [0.15, 0.2) is 0 Å². The molecule has 0 saturated carbocycles. The molecule has 0 spiro atoms. The van der Waals surface area contributed by atoms with Gasteiger partial charge in [0.25, 0.3) is 0 Å². The molecule has 0 radical (unpaired) electrons. The highest BCUT2D eigenvalue weighted by Crippen LogP contribution is 2.34. The summed E-state index contributed by atoms with van der Waals surface area (Å²) in [6.45, 7) is 4.32. The quantitative estimate of drug-likeness (QED) is 0.789. The van der Waals surface area contributed by atoms with Crippen LogP contribution in [0, 0.1) is 0 Å². The molecule has 1 amide bonds. The van der Waals surface area contributed by atoms with Gasteiger partial charge in [-0.3, -0.25) is 4.79 Å². The largest absolute Gasteiger partial charge is 0.379 e. The molecule has 0 saturated heterocycles. The predicted octanol–water partition coefficient (Wildman–Crippen LogP) is 2.85. The summed E-state index contributed by atoms with van der Waals surface area (Å²) in [6.07, 6.45) is 2.59. The molecule has 0 fully saturated rings. The van der Waals surface area contributed by atoms with E-state index in [0.29, 0.717) is 0 Å². The van der Waals surface area contributed by atoms with Crippen molar-refractivity contribution in [3.63, 3.8) is 0 Å². The van der Waals surface area contributed by atoms with E-state index >= 15 is 0 Å². The second-order valence-corrected chi connectivity index (χ2v) is 6.17. The third-order valence-electron chi connectivity index (χ3n) is 3.94. The van der Waals surface area contributed by atoms with E-state index in [9.17, 15) is 4.79 Å². The summed E-state index contributed by atoms with van der Waals surface area (Å²) in [6, 6.07) is 12.6. The van der Waals surface area contributed by atoms with Gasteiger partial charge in [-0.15, -0.1) is 0 Å².